The highest BCUT2D eigenvalue weighted by Crippen LogP contribution is 2.19. The first-order chi connectivity index (χ1) is 14.5. The Hall–Kier alpha value is -3.42. The van der Waals surface area contributed by atoms with Crippen LogP contribution in [0, 0.1) is 20.8 Å². The lowest BCUT2D eigenvalue weighted by Crippen LogP contribution is -2.50. The summed E-state index contributed by atoms with van der Waals surface area (Å²) in [6, 6.07) is 13.4. The minimum Gasteiger partial charge on any atom is -0.484 e. The number of anilines is 1. The normalized spacial score (nSPS) is 14.1. The van der Waals surface area contributed by atoms with Gasteiger partial charge in [0.2, 0.25) is 0 Å². The molecule has 8 heteroatoms. The summed E-state index contributed by atoms with van der Waals surface area (Å²) in [5, 5.41) is 4.53. The third-order valence-electron chi connectivity index (χ3n) is 5.10. The number of piperazine rings is 1. The molecule has 0 unspecified atom stereocenters. The van der Waals surface area contributed by atoms with Crippen LogP contribution in [0.2, 0.25) is 0 Å². The Morgan fingerprint density at radius 3 is 2.33 bits per heavy atom. The summed E-state index contributed by atoms with van der Waals surface area (Å²) >= 11 is 0. The predicted molar refractivity (Wildman–Crippen MR) is 114 cm³/mol. The zero-order valence-electron chi connectivity index (χ0n) is 17.6. The topological polar surface area (TPSA) is 76.4 Å². The smallest absolute Gasteiger partial charge is 0.260 e. The van der Waals surface area contributed by atoms with E-state index in [1.165, 1.54) is 0 Å². The minimum atomic E-state index is 0.000649. The van der Waals surface area contributed by atoms with Crippen molar-refractivity contribution in [3.63, 3.8) is 0 Å². The maximum Gasteiger partial charge on any atom is 0.260 e. The van der Waals surface area contributed by atoms with Gasteiger partial charge in [-0.3, -0.25) is 4.79 Å². The van der Waals surface area contributed by atoms with Gasteiger partial charge in [0.15, 0.2) is 12.4 Å². The van der Waals surface area contributed by atoms with Gasteiger partial charge in [-0.15, -0.1) is 0 Å². The predicted octanol–water partition coefficient (Wildman–Crippen LogP) is 2.32. The fourth-order valence-electron chi connectivity index (χ4n) is 3.61. The standard InChI is InChI=1S/C22H26N6O2/c1-16-13-17(2)28(25-16)21-14-20(23-18(3)24-21)26-9-11-27(12-10-26)22(29)15-30-19-7-5-4-6-8-19/h4-8,13-14H,9-12,15H2,1-3H3. The summed E-state index contributed by atoms with van der Waals surface area (Å²) in [4.78, 5) is 25.7. The van der Waals surface area contributed by atoms with Crippen molar-refractivity contribution in [3.8, 4) is 11.6 Å². The van der Waals surface area contributed by atoms with Crippen molar-refractivity contribution in [3.05, 3.63) is 59.7 Å². The molecule has 156 valence electrons. The van der Waals surface area contributed by atoms with Gasteiger partial charge in [-0.2, -0.15) is 5.10 Å². The highest BCUT2D eigenvalue weighted by Gasteiger charge is 2.23. The SMILES string of the molecule is Cc1cc(C)n(-c2cc(N3CCN(C(=O)COc4ccccc4)CC3)nc(C)n2)n1. The lowest BCUT2D eigenvalue weighted by Gasteiger charge is -2.35. The summed E-state index contributed by atoms with van der Waals surface area (Å²) in [7, 11) is 0. The quantitative estimate of drug-likeness (QED) is 0.647. The van der Waals surface area contributed by atoms with Crippen molar-refractivity contribution < 1.29 is 9.53 Å². The van der Waals surface area contributed by atoms with Crippen molar-refractivity contribution in [1.29, 1.82) is 0 Å². The van der Waals surface area contributed by atoms with Gasteiger partial charge in [0.25, 0.3) is 5.91 Å². The van der Waals surface area contributed by atoms with Gasteiger partial charge in [0.05, 0.1) is 5.69 Å². The molecule has 2 aromatic heterocycles. The average Bonchev–Trinajstić information content (AvgIpc) is 3.10. The Bertz CT molecular complexity index is 1030. The van der Waals surface area contributed by atoms with Gasteiger partial charge in [-0.05, 0) is 39.0 Å². The second-order valence-corrected chi connectivity index (χ2v) is 7.44. The molecule has 1 amide bonds. The van der Waals surface area contributed by atoms with E-state index < -0.39 is 0 Å². The fraction of sp³-hybridized carbons (Fsp3) is 0.364. The summed E-state index contributed by atoms with van der Waals surface area (Å²) in [5.41, 5.74) is 1.99. The number of aryl methyl sites for hydroxylation is 3. The first-order valence-corrected chi connectivity index (χ1v) is 10.1. The molecule has 4 rings (SSSR count). The molecule has 3 aromatic rings. The second-order valence-electron chi connectivity index (χ2n) is 7.44. The van der Waals surface area contributed by atoms with Crippen LogP contribution in [0.4, 0.5) is 5.82 Å². The van der Waals surface area contributed by atoms with Crippen LogP contribution >= 0.6 is 0 Å². The van der Waals surface area contributed by atoms with Gasteiger partial charge in [0, 0.05) is 37.9 Å². The lowest BCUT2D eigenvalue weighted by atomic mass is 10.3. The summed E-state index contributed by atoms with van der Waals surface area (Å²) < 4.78 is 7.43. The first kappa shape index (κ1) is 19.9. The Morgan fingerprint density at radius 2 is 1.67 bits per heavy atom. The van der Waals surface area contributed by atoms with E-state index in [4.69, 9.17) is 4.74 Å². The molecule has 0 N–H and O–H groups in total. The first-order valence-electron chi connectivity index (χ1n) is 10.1. The molecule has 0 aliphatic carbocycles. The van der Waals surface area contributed by atoms with Crippen molar-refractivity contribution in [1.82, 2.24) is 24.6 Å². The monoisotopic (exact) mass is 406 g/mol. The van der Waals surface area contributed by atoms with Gasteiger partial charge >= 0.3 is 0 Å². The number of nitrogens with zero attached hydrogens (tertiary/aromatic N) is 6. The van der Waals surface area contributed by atoms with Gasteiger partial charge in [-0.25, -0.2) is 14.6 Å². The molecular formula is C22H26N6O2. The summed E-state index contributed by atoms with van der Waals surface area (Å²) in [6.45, 7) is 8.62. The number of ether oxygens (including phenoxy) is 1. The maximum absolute atomic E-state index is 12.5. The Morgan fingerprint density at radius 1 is 0.967 bits per heavy atom. The van der Waals surface area contributed by atoms with E-state index in [-0.39, 0.29) is 12.5 Å². The van der Waals surface area contributed by atoms with Crippen LogP contribution < -0.4 is 9.64 Å². The molecule has 1 saturated heterocycles. The Labute approximate surface area is 176 Å². The molecule has 0 atom stereocenters. The number of amides is 1. The molecule has 3 heterocycles. The van der Waals surface area contributed by atoms with Crippen LogP contribution in [-0.2, 0) is 4.79 Å². The summed E-state index contributed by atoms with van der Waals surface area (Å²) in [5.74, 6) is 3.03. The molecule has 1 aliphatic heterocycles. The van der Waals surface area contributed by atoms with Gasteiger partial charge in [0.1, 0.15) is 17.4 Å². The van der Waals surface area contributed by atoms with Crippen molar-refractivity contribution in [2.75, 3.05) is 37.7 Å². The zero-order chi connectivity index (χ0) is 21.1. The van der Waals surface area contributed by atoms with Crippen LogP contribution in [0.15, 0.2) is 42.5 Å². The Kier molecular flexibility index (Phi) is 5.65. The molecular weight excluding hydrogens is 380 g/mol. The van der Waals surface area contributed by atoms with E-state index in [2.05, 4.69) is 20.0 Å². The van der Waals surface area contributed by atoms with E-state index >= 15 is 0 Å². The third-order valence-corrected chi connectivity index (χ3v) is 5.10. The van der Waals surface area contributed by atoms with Gasteiger partial charge in [-0.1, -0.05) is 18.2 Å². The van der Waals surface area contributed by atoms with Crippen molar-refractivity contribution in [2.45, 2.75) is 20.8 Å². The average molecular weight is 406 g/mol. The summed E-state index contributed by atoms with van der Waals surface area (Å²) in [6.07, 6.45) is 0. The van der Waals surface area contributed by atoms with E-state index in [0.717, 1.165) is 23.0 Å². The molecule has 30 heavy (non-hydrogen) atoms. The molecule has 8 nitrogen and oxygen atoms in total. The van der Waals surface area contributed by atoms with Crippen molar-refractivity contribution in [2.24, 2.45) is 0 Å². The van der Waals surface area contributed by atoms with Crippen LogP contribution in [0.1, 0.15) is 17.2 Å². The number of para-hydroxylation sites is 1. The molecule has 0 spiro atoms. The minimum absolute atomic E-state index is 0.000649. The van der Waals surface area contributed by atoms with Crippen LogP contribution in [-0.4, -0.2) is 63.3 Å². The number of benzene rings is 1. The Balaban J connectivity index is 1.39. The van der Waals surface area contributed by atoms with Gasteiger partial charge < -0.3 is 14.5 Å². The number of hydrogen-bond acceptors (Lipinski definition) is 6. The molecule has 0 radical (unpaired) electrons. The number of aromatic nitrogens is 4. The van der Waals surface area contributed by atoms with Crippen LogP contribution in [0.25, 0.3) is 5.82 Å². The van der Waals surface area contributed by atoms with Crippen LogP contribution in [0.3, 0.4) is 0 Å². The highest BCUT2D eigenvalue weighted by atomic mass is 16.5. The highest BCUT2D eigenvalue weighted by molar-refractivity contribution is 5.78. The molecule has 1 fully saturated rings. The molecule has 1 aliphatic rings. The zero-order valence-corrected chi connectivity index (χ0v) is 17.6. The molecule has 0 saturated carbocycles. The van der Waals surface area contributed by atoms with E-state index in [1.54, 1.807) is 0 Å². The molecule has 1 aromatic carbocycles. The number of rotatable bonds is 5. The fourth-order valence-corrected chi connectivity index (χ4v) is 3.61. The molecule has 0 bridgehead atoms. The number of carbonyl (C=O) groups excluding carboxylic acids is 1. The lowest BCUT2D eigenvalue weighted by molar-refractivity contribution is -0.133. The van der Waals surface area contributed by atoms with E-state index in [0.29, 0.717) is 37.8 Å². The third kappa shape index (κ3) is 4.42. The number of hydrogen-bond donors (Lipinski definition) is 0. The largest absolute Gasteiger partial charge is 0.484 e. The number of carbonyl (C=O) groups is 1. The van der Waals surface area contributed by atoms with E-state index in [9.17, 15) is 4.79 Å². The second kappa shape index (κ2) is 8.52. The van der Waals surface area contributed by atoms with Crippen LogP contribution in [0.5, 0.6) is 5.75 Å². The van der Waals surface area contributed by atoms with Crippen molar-refractivity contribution >= 4 is 11.7 Å². The maximum atomic E-state index is 12.5. The van der Waals surface area contributed by atoms with E-state index in [1.807, 2.05) is 72.8 Å².